The molecule has 2 aliphatic heterocycles. The highest BCUT2D eigenvalue weighted by atomic mass is 35.5. The zero-order valence-electron chi connectivity index (χ0n) is 19.7. The first-order valence-electron chi connectivity index (χ1n) is 11.5. The summed E-state index contributed by atoms with van der Waals surface area (Å²) in [6, 6.07) is 16.3. The highest BCUT2D eigenvalue weighted by Gasteiger charge is 2.38. The minimum absolute atomic E-state index is 0.115. The Balaban J connectivity index is 1.41. The van der Waals surface area contributed by atoms with E-state index < -0.39 is 22.0 Å². The van der Waals surface area contributed by atoms with E-state index in [0.29, 0.717) is 29.7 Å². The summed E-state index contributed by atoms with van der Waals surface area (Å²) in [5.74, 6) is 1.09. The monoisotopic (exact) mass is 528 g/mol. The summed E-state index contributed by atoms with van der Waals surface area (Å²) in [5, 5.41) is 3.28. The number of sulfonamides is 1. The highest BCUT2D eigenvalue weighted by molar-refractivity contribution is 7.92. The van der Waals surface area contributed by atoms with Gasteiger partial charge in [0, 0.05) is 5.02 Å². The SMILES string of the molecule is Cc1ccc(S(=O)(=O)N2CC(C(=O)NC(C)c3ccc4c(c3)OCCO4)Oc3ccc(Cl)cc32)cc1. The second kappa shape index (κ2) is 9.55. The lowest BCUT2D eigenvalue weighted by Gasteiger charge is -2.35. The summed E-state index contributed by atoms with van der Waals surface area (Å²) in [5.41, 5.74) is 2.04. The third kappa shape index (κ3) is 4.68. The number of rotatable bonds is 5. The fourth-order valence-corrected chi connectivity index (χ4v) is 5.78. The lowest BCUT2D eigenvalue weighted by Crippen LogP contribution is -2.51. The molecule has 0 spiro atoms. The summed E-state index contributed by atoms with van der Waals surface area (Å²) in [7, 11) is -3.98. The Labute approximate surface area is 214 Å². The topological polar surface area (TPSA) is 94.2 Å². The summed E-state index contributed by atoms with van der Waals surface area (Å²) >= 11 is 6.17. The summed E-state index contributed by atoms with van der Waals surface area (Å²) in [4.78, 5) is 13.4. The van der Waals surface area contributed by atoms with Crippen LogP contribution in [0.3, 0.4) is 0 Å². The number of nitrogens with one attached hydrogen (secondary N) is 1. The number of hydrogen-bond acceptors (Lipinski definition) is 6. The van der Waals surface area contributed by atoms with Gasteiger partial charge in [-0.15, -0.1) is 0 Å². The molecule has 188 valence electrons. The molecule has 0 saturated heterocycles. The number of aryl methyl sites for hydroxylation is 1. The molecule has 2 atom stereocenters. The van der Waals surface area contributed by atoms with E-state index in [1.54, 1.807) is 42.5 Å². The molecule has 3 aromatic carbocycles. The normalized spacial score (nSPS) is 17.5. The molecule has 0 bridgehead atoms. The summed E-state index contributed by atoms with van der Waals surface area (Å²) in [6.07, 6.45) is -1.07. The molecule has 8 nitrogen and oxygen atoms in total. The van der Waals surface area contributed by atoms with Crippen LogP contribution < -0.4 is 23.8 Å². The Morgan fingerprint density at radius 2 is 1.69 bits per heavy atom. The molecule has 5 rings (SSSR count). The largest absolute Gasteiger partial charge is 0.486 e. The van der Waals surface area contributed by atoms with Crippen molar-refractivity contribution in [2.75, 3.05) is 24.1 Å². The maximum Gasteiger partial charge on any atom is 0.264 e. The van der Waals surface area contributed by atoms with Crippen LogP contribution >= 0.6 is 11.6 Å². The van der Waals surface area contributed by atoms with E-state index in [1.165, 1.54) is 10.4 Å². The molecule has 0 radical (unpaired) electrons. The van der Waals surface area contributed by atoms with Gasteiger partial charge in [0.15, 0.2) is 17.6 Å². The van der Waals surface area contributed by atoms with Crippen LogP contribution in [-0.4, -0.2) is 40.2 Å². The molecular weight excluding hydrogens is 504 g/mol. The van der Waals surface area contributed by atoms with Crippen LogP contribution in [0.25, 0.3) is 0 Å². The third-order valence-corrected chi connectivity index (χ3v) is 8.15. The Hall–Kier alpha value is -3.43. The van der Waals surface area contributed by atoms with E-state index in [-0.39, 0.29) is 28.9 Å². The quantitative estimate of drug-likeness (QED) is 0.532. The lowest BCUT2D eigenvalue weighted by molar-refractivity contribution is -0.128. The first kappa shape index (κ1) is 24.3. The van der Waals surface area contributed by atoms with E-state index in [2.05, 4.69) is 5.32 Å². The molecule has 1 N–H and O–H groups in total. The van der Waals surface area contributed by atoms with Crippen molar-refractivity contribution >= 4 is 33.2 Å². The van der Waals surface area contributed by atoms with Crippen molar-refractivity contribution in [2.24, 2.45) is 0 Å². The van der Waals surface area contributed by atoms with Crippen molar-refractivity contribution in [1.82, 2.24) is 5.32 Å². The molecule has 2 unspecified atom stereocenters. The van der Waals surface area contributed by atoms with Crippen LogP contribution in [0.2, 0.25) is 5.02 Å². The number of ether oxygens (including phenoxy) is 3. The predicted octanol–water partition coefficient (Wildman–Crippen LogP) is 4.25. The molecule has 1 amide bonds. The van der Waals surface area contributed by atoms with E-state index >= 15 is 0 Å². The van der Waals surface area contributed by atoms with Gasteiger partial charge in [0.25, 0.3) is 15.9 Å². The Morgan fingerprint density at radius 1 is 1.00 bits per heavy atom. The fraction of sp³-hybridized carbons (Fsp3) is 0.269. The van der Waals surface area contributed by atoms with Crippen molar-refractivity contribution in [3.05, 3.63) is 76.8 Å². The van der Waals surface area contributed by atoms with Crippen molar-refractivity contribution < 1.29 is 27.4 Å². The first-order chi connectivity index (χ1) is 17.2. The number of anilines is 1. The Bertz CT molecular complexity index is 1410. The van der Waals surface area contributed by atoms with E-state index in [1.807, 2.05) is 26.0 Å². The predicted molar refractivity (Wildman–Crippen MR) is 136 cm³/mol. The number of benzene rings is 3. The van der Waals surface area contributed by atoms with Gasteiger partial charge in [-0.3, -0.25) is 9.10 Å². The van der Waals surface area contributed by atoms with Gasteiger partial charge in [-0.2, -0.15) is 0 Å². The minimum Gasteiger partial charge on any atom is -0.486 e. The van der Waals surface area contributed by atoms with Gasteiger partial charge in [-0.25, -0.2) is 8.42 Å². The molecule has 2 aliphatic rings. The van der Waals surface area contributed by atoms with Gasteiger partial charge >= 0.3 is 0 Å². The average Bonchev–Trinajstić information content (AvgIpc) is 2.87. The van der Waals surface area contributed by atoms with Crippen LogP contribution in [0.15, 0.2) is 65.6 Å². The molecule has 0 fully saturated rings. The maximum atomic E-state index is 13.6. The van der Waals surface area contributed by atoms with Gasteiger partial charge in [0.05, 0.1) is 23.2 Å². The van der Waals surface area contributed by atoms with Crippen LogP contribution in [0.5, 0.6) is 17.2 Å². The first-order valence-corrected chi connectivity index (χ1v) is 13.3. The fourth-order valence-electron chi connectivity index (χ4n) is 4.15. The van der Waals surface area contributed by atoms with E-state index in [9.17, 15) is 13.2 Å². The van der Waals surface area contributed by atoms with Crippen LogP contribution in [0.1, 0.15) is 24.1 Å². The molecule has 36 heavy (non-hydrogen) atoms. The number of nitrogens with zero attached hydrogens (tertiary/aromatic N) is 1. The van der Waals surface area contributed by atoms with E-state index in [4.69, 9.17) is 25.8 Å². The number of amides is 1. The highest BCUT2D eigenvalue weighted by Crippen LogP contribution is 2.39. The van der Waals surface area contributed by atoms with Crippen molar-refractivity contribution in [2.45, 2.75) is 30.9 Å². The molecule has 0 saturated carbocycles. The van der Waals surface area contributed by atoms with E-state index in [0.717, 1.165) is 11.1 Å². The van der Waals surface area contributed by atoms with Gasteiger partial charge in [0.2, 0.25) is 0 Å². The second-order valence-electron chi connectivity index (χ2n) is 8.70. The zero-order valence-corrected chi connectivity index (χ0v) is 21.3. The number of carbonyl (C=O) groups is 1. The molecular formula is C26H25ClN2O6S. The summed E-state index contributed by atoms with van der Waals surface area (Å²) in [6.45, 7) is 4.46. The van der Waals surface area contributed by atoms with Gasteiger partial charge < -0.3 is 19.5 Å². The number of hydrogen-bond donors (Lipinski definition) is 1. The van der Waals surface area contributed by atoms with Crippen molar-refractivity contribution in [3.8, 4) is 17.2 Å². The molecule has 0 aliphatic carbocycles. The van der Waals surface area contributed by atoms with Gasteiger partial charge in [0.1, 0.15) is 19.0 Å². The van der Waals surface area contributed by atoms with Gasteiger partial charge in [-0.1, -0.05) is 35.4 Å². The summed E-state index contributed by atoms with van der Waals surface area (Å²) < 4.78 is 45.5. The maximum absolute atomic E-state index is 13.6. The van der Waals surface area contributed by atoms with Gasteiger partial charge in [-0.05, 0) is 61.9 Å². The zero-order chi connectivity index (χ0) is 25.4. The minimum atomic E-state index is -3.98. The van der Waals surface area contributed by atoms with Crippen LogP contribution in [0.4, 0.5) is 5.69 Å². The lowest BCUT2D eigenvalue weighted by atomic mass is 10.1. The number of halogens is 1. The van der Waals surface area contributed by atoms with Crippen LogP contribution in [0, 0.1) is 6.92 Å². The van der Waals surface area contributed by atoms with Crippen molar-refractivity contribution in [1.29, 1.82) is 0 Å². The van der Waals surface area contributed by atoms with Crippen molar-refractivity contribution in [3.63, 3.8) is 0 Å². The number of fused-ring (bicyclic) bond motifs is 2. The smallest absolute Gasteiger partial charge is 0.264 e. The molecule has 2 heterocycles. The molecule has 3 aromatic rings. The Kier molecular flexibility index (Phi) is 6.44. The number of carbonyl (C=O) groups excluding carboxylic acids is 1. The van der Waals surface area contributed by atoms with Crippen LogP contribution in [-0.2, 0) is 14.8 Å². The molecule has 10 heteroatoms. The molecule has 0 aromatic heterocycles. The Morgan fingerprint density at radius 3 is 2.44 bits per heavy atom. The average molecular weight is 529 g/mol. The standard InChI is InChI=1S/C26H25ClN2O6S/c1-16-3-7-20(8-4-16)36(31,32)29-15-25(35-22-10-6-19(27)14-21(22)29)26(30)28-17(2)18-5-9-23-24(13-18)34-12-11-33-23/h3-10,13-14,17,25H,11-12,15H2,1-2H3,(H,28,30). The second-order valence-corrected chi connectivity index (χ2v) is 11.0. The third-order valence-electron chi connectivity index (χ3n) is 6.12.